The molecule has 0 aromatic heterocycles. The van der Waals surface area contributed by atoms with Gasteiger partial charge in [0.25, 0.3) is 0 Å². The van der Waals surface area contributed by atoms with Crippen molar-refractivity contribution in [3.05, 3.63) is 47.0 Å². The number of esters is 2. The van der Waals surface area contributed by atoms with Crippen molar-refractivity contribution in [1.82, 2.24) is 0 Å². The Morgan fingerprint density at radius 2 is 1.67 bits per heavy atom. The lowest BCUT2D eigenvalue weighted by atomic mass is 9.44. The number of carbonyl (C=O) groups excluding carboxylic acids is 2. The highest BCUT2D eigenvalue weighted by atomic mass is 28.4. The fourth-order valence-electron chi connectivity index (χ4n) is 10.3. The van der Waals surface area contributed by atoms with E-state index in [0.717, 1.165) is 23.7 Å². The Morgan fingerprint density at radius 1 is 1.04 bits per heavy atom. The van der Waals surface area contributed by atoms with Crippen LogP contribution in [0.2, 0.25) is 18.1 Å². The first kappa shape index (κ1) is 35.3. The summed E-state index contributed by atoms with van der Waals surface area (Å²) in [6.45, 7) is 19.0. The molecule has 2 bridgehead atoms. The smallest absolute Gasteiger partial charge is 0.338 e. The van der Waals surface area contributed by atoms with E-state index >= 15 is 0 Å². The number of methoxy groups -OCH3 is 1. The number of benzene rings is 1. The molecule has 1 aromatic carbocycles. The molecule has 8 nitrogen and oxygen atoms in total. The van der Waals surface area contributed by atoms with Crippen LogP contribution in [0.5, 0.6) is 0 Å². The van der Waals surface area contributed by atoms with Crippen LogP contribution in [0.15, 0.2) is 41.5 Å². The Labute approximate surface area is 276 Å². The minimum absolute atomic E-state index is 0.0386. The van der Waals surface area contributed by atoms with Crippen LogP contribution >= 0.6 is 0 Å². The molecule has 2 saturated carbocycles. The zero-order chi connectivity index (χ0) is 33.9. The molecule has 1 heterocycles. The molecule has 0 unspecified atom stereocenters. The summed E-state index contributed by atoms with van der Waals surface area (Å²) >= 11 is 0. The topological polar surface area (TPSA) is 101 Å². The van der Waals surface area contributed by atoms with Crippen LogP contribution in [0.1, 0.15) is 91.9 Å². The van der Waals surface area contributed by atoms with E-state index in [-0.39, 0.29) is 31.2 Å². The van der Waals surface area contributed by atoms with E-state index in [4.69, 9.17) is 23.4 Å². The highest BCUT2D eigenvalue weighted by Crippen LogP contribution is 2.66. The van der Waals surface area contributed by atoms with Crippen LogP contribution in [-0.2, 0) is 28.2 Å². The van der Waals surface area contributed by atoms with Crippen molar-refractivity contribution < 1.29 is 38.1 Å². The number of ether oxygens (including phenoxy) is 4. The van der Waals surface area contributed by atoms with Crippen LogP contribution in [-0.4, -0.2) is 74.7 Å². The van der Waals surface area contributed by atoms with Gasteiger partial charge < -0.3 is 28.5 Å². The van der Waals surface area contributed by atoms with Gasteiger partial charge >= 0.3 is 11.9 Å². The predicted octanol–water partition coefficient (Wildman–Crippen LogP) is 6.86. The number of aliphatic hydroxyl groups is 1. The lowest BCUT2D eigenvalue weighted by molar-refractivity contribution is -0.354. The van der Waals surface area contributed by atoms with Crippen LogP contribution in [0.25, 0.3) is 0 Å². The molecule has 4 aliphatic rings. The summed E-state index contributed by atoms with van der Waals surface area (Å²) in [5.41, 5.74) is -1.39. The molecule has 0 amide bonds. The minimum Gasteiger partial charge on any atom is -0.455 e. The highest BCUT2D eigenvalue weighted by Gasteiger charge is 2.75. The van der Waals surface area contributed by atoms with Gasteiger partial charge in [-0.25, -0.2) is 4.79 Å². The maximum atomic E-state index is 14.1. The molecule has 0 spiro atoms. The third-order valence-corrected chi connectivity index (χ3v) is 17.5. The van der Waals surface area contributed by atoms with Gasteiger partial charge in [0.2, 0.25) is 0 Å². The predicted molar refractivity (Wildman–Crippen MR) is 179 cm³/mol. The van der Waals surface area contributed by atoms with E-state index in [1.807, 2.05) is 6.07 Å². The van der Waals surface area contributed by atoms with E-state index < -0.39 is 60.4 Å². The van der Waals surface area contributed by atoms with Gasteiger partial charge in [-0.2, -0.15) is 0 Å². The minimum atomic E-state index is -2.11. The largest absolute Gasteiger partial charge is 0.455 e. The normalized spacial score (nSPS) is 38.4. The molecular weight excluding hydrogens is 600 g/mol. The molecule has 9 atom stereocenters. The maximum absolute atomic E-state index is 14.1. The van der Waals surface area contributed by atoms with Crippen molar-refractivity contribution in [2.24, 2.45) is 22.7 Å². The quantitative estimate of drug-likeness (QED) is 0.175. The molecule has 46 heavy (non-hydrogen) atoms. The first-order chi connectivity index (χ1) is 21.6. The summed E-state index contributed by atoms with van der Waals surface area (Å²) in [7, 11) is -0.404. The number of rotatable bonds is 9. The van der Waals surface area contributed by atoms with Gasteiger partial charge in [-0.3, -0.25) is 4.79 Å². The second-order valence-electron chi connectivity index (χ2n) is 15.3. The summed E-state index contributed by atoms with van der Waals surface area (Å²) < 4.78 is 32.6. The first-order valence-electron chi connectivity index (χ1n) is 17.3. The molecule has 0 radical (unpaired) electrons. The monoisotopic (exact) mass is 656 g/mol. The third-order valence-electron chi connectivity index (χ3n) is 12.8. The average molecular weight is 657 g/mol. The van der Waals surface area contributed by atoms with Crippen molar-refractivity contribution in [1.29, 1.82) is 0 Å². The van der Waals surface area contributed by atoms with Crippen LogP contribution in [0.3, 0.4) is 0 Å². The molecular formula is C37H56O8Si. The molecule has 3 aliphatic carbocycles. The van der Waals surface area contributed by atoms with E-state index in [1.165, 1.54) is 12.5 Å². The van der Waals surface area contributed by atoms with E-state index in [1.54, 1.807) is 31.4 Å². The lowest BCUT2D eigenvalue weighted by Crippen LogP contribution is -2.80. The van der Waals surface area contributed by atoms with Gasteiger partial charge in [0.15, 0.2) is 13.9 Å². The zero-order valence-electron chi connectivity index (χ0n) is 29.6. The first-order valence-corrected chi connectivity index (χ1v) is 19.8. The van der Waals surface area contributed by atoms with Gasteiger partial charge in [0, 0.05) is 37.7 Å². The van der Waals surface area contributed by atoms with Crippen molar-refractivity contribution in [3.63, 3.8) is 0 Å². The fraction of sp³-hybridized carbons (Fsp3) is 0.730. The van der Waals surface area contributed by atoms with Crippen molar-refractivity contribution >= 4 is 20.3 Å². The Balaban J connectivity index is 1.79. The number of carbonyl (C=O) groups is 2. The Kier molecular flexibility index (Phi) is 9.54. The average Bonchev–Trinajstić information content (AvgIpc) is 3.00. The lowest BCUT2D eigenvalue weighted by Gasteiger charge is -2.69. The standard InChI is InChI=1S/C37H56O8Si/c1-11-46(12-2,13-3)45-27-21-37(40)32(43-33(39)26-17-15-14-16-18-26)31-35(9,20-23(4)30(24(27)5)34(37,7)8)28(41-10)19-29-36(31,22-42-29)44-25(6)38/h14-18,23,27-29,31-32,40H,11-13,19-22H2,1-10H3/t23-,27-,28-,29+,31-,32-,35+,36-,37+/m0/s1. The van der Waals surface area contributed by atoms with Gasteiger partial charge in [-0.15, -0.1) is 0 Å². The van der Waals surface area contributed by atoms with Gasteiger partial charge in [-0.1, -0.05) is 72.2 Å². The fourth-order valence-corrected chi connectivity index (χ4v) is 13.1. The third kappa shape index (κ3) is 5.23. The van der Waals surface area contributed by atoms with Crippen molar-refractivity contribution in [2.75, 3.05) is 13.7 Å². The molecule has 3 fully saturated rings. The Hall–Kier alpha value is -2.04. The molecule has 9 heteroatoms. The van der Waals surface area contributed by atoms with Crippen LogP contribution in [0, 0.1) is 22.7 Å². The van der Waals surface area contributed by atoms with Crippen molar-refractivity contribution in [2.45, 2.75) is 135 Å². The highest BCUT2D eigenvalue weighted by molar-refractivity contribution is 6.73. The van der Waals surface area contributed by atoms with Crippen molar-refractivity contribution in [3.8, 4) is 0 Å². The summed E-state index contributed by atoms with van der Waals surface area (Å²) in [4.78, 5) is 27.0. The molecule has 5 rings (SSSR count). The molecule has 256 valence electrons. The second-order valence-corrected chi connectivity index (χ2v) is 20.0. The summed E-state index contributed by atoms with van der Waals surface area (Å²) in [6, 6.07) is 11.8. The molecule has 1 aromatic rings. The SMILES string of the molecule is CC[Si](CC)(CC)O[C@H]1C[C@@]2(O)[C@@H](OC(=O)c3ccccc3)[C@H]3[C@](C)(C[C@H](C)C(=C1C)C2(C)C)[C@@H](OC)C[C@H]1OC[C@]13OC(C)=O. The molecule has 1 N–H and O–H groups in total. The van der Waals surface area contributed by atoms with Gasteiger partial charge in [0.05, 0.1) is 30.3 Å². The van der Waals surface area contributed by atoms with Crippen LogP contribution in [0.4, 0.5) is 0 Å². The number of fused-ring (bicyclic) bond motifs is 5. The molecule has 1 saturated heterocycles. The van der Waals surface area contributed by atoms with E-state index in [2.05, 4.69) is 55.4 Å². The second kappa shape index (κ2) is 12.4. The number of hydrogen-bond donors (Lipinski definition) is 1. The van der Waals surface area contributed by atoms with E-state index in [0.29, 0.717) is 18.4 Å². The zero-order valence-corrected chi connectivity index (χ0v) is 30.6. The maximum Gasteiger partial charge on any atom is 0.338 e. The van der Waals surface area contributed by atoms with Gasteiger partial charge in [0.1, 0.15) is 17.8 Å². The number of hydrogen-bond acceptors (Lipinski definition) is 8. The molecule has 1 aliphatic heterocycles. The van der Waals surface area contributed by atoms with Crippen LogP contribution < -0.4 is 0 Å². The summed E-state index contributed by atoms with van der Waals surface area (Å²) in [5.74, 6) is -1.53. The summed E-state index contributed by atoms with van der Waals surface area (Å²) in [5, 5.41) is 13.6. The Morgan fingerprint density at radius 3 is 2.20 bits per heavy atom. The van der Waals surface area contributed by atoms with Gasteiger partial charge in [-0.05, 0) is 55.1 Å². The Bertz CT molecular complexity index is 1330. The van der Waals surface area contributed by atoms with E-state index in [9.17, 15) is 14.7 Å². The summed E-state index contributed by atoms with van der Waals surface area (Å²) in [6.07, 6.45) is -0.656.